The number of aromatic hydroxyl groups is 1. The molecule has 3 unspecified atom stereocenters. The fourth-order valence-electron chi connectivity index (χ4n) is 5.46. The first kappa shape index (κ1) is 26.7. The third-order valence-corrected chi connectivity index (χ3v) is 8.11. The van der Waals surface area contributed by atoms with Crippen molar-refractivity contribution in [2.45, 2.75) is 111 Å². The van der Waals surface area contributed by atoms with Gasteiger partial charge in [-0.25, -0.2) is 0 Å². The lowest BCUT2D eigenvalue weighted by molar-refractivity contribution is -0.127. The molecule has 1 heterocycles. The van der Waals surface area contributed by atoms with E-state index in [0.29, 0.717) is 11.7 Å². The number of hydrogen-bond acceptors (Lipinski definition) is 3. The van der Waals surface area contributed by atoms with Gasteiger partial charge >= 0.3 is 0 Å². The predicted molar refractivity (Wildman–Crippen MR) is 135 cm³/mol. The minimum absolute atomic E-state index is 0.00903. The highest BCUT2D eigenvalue weighted by Crippen LogP contribution is 2.50. The zero-order chi connectivity index (χ0) is 25.1. The predicted octanol–water partition coefficient (Wildman–Crippen LogP) is 5.78. The largest absolute Gasteiger partial charge is 0.507 e. The lowest BCUT2D eigenvalue weighted by Crippen LogP contribution is -2.59. The van der Waals surface area contributed by atoms with E-state index < -0.39 is 5.41 Å². The van der Waals surface area contributed by atoms with E-state index in [1.165, 1.54) is 0 Å². The average Bonchev–Trinajstić information content (AvgIpc) is 2.60. The minimum Gasteiger partial charge on any atom is -0.507 e. The molecule has 1 saturated heterocycles. The first-order chi connectivity index (χ1) is 14.1. The summed E-state index contributed by atoms with van der Waals surface area (Å²) >= 11 is 0. The lowest BCUT2D eigenvalue weighted by Gasteiger charge is -2.52. The van der Waals surface area contributed by atoms with Crippen LogP contribution in [0.4, 0.5) is 0 Å². The topological polar surface area (TPSA) is 75.3 Å². The van der Waals surface area contributed by atoms with Gasteiger partial charge in [0, 0.05) is 12.1 Å². The third kappa shape index (κ3) is 4.85. The molecule has 0 spiro atoms. The van der Waals surface area contributed by atoms with Crippen molar-refractivity contribution in [1.82, 2.24) is 5.32 Å². The number of phenolic OH excluding ortho intramolecular Hbond substituents is 1. The maximum Gasteiger partial charge on any atom is 0.228 e. The van der Waals surface area contributed by atoms with E-state index in [2.05, 4.69) is 81.5 Å². The maximum atomic E-state index is 13.2. The van der Waals surface area contributed by atoms with E-state index in [1.54, 1.807) is 0 Å². The first-order valence-corrected chi connectivity index (χ1v) is 12.1. The molecule has 0 saturated carbocycles. The number of primary amides is 1. The molecule has 1 aliphatic rings. The summed E-state index contributed by atoms with van der Waals surface area (Å²) in [6, 6.07) is 4.07. The van der Waals surface area contributed by atoms with Crippen LogP contribution in [0.2, 0.25) is 0 Å². The molecule has 3 atom stereocenters. The van der Waals surface area contributed by atoms with Crippen molar-refractivity contribution in [3.63, 3.8) is 0 Å². The van der Waals surface area contributed by atoms with Crippen molar-refractivity contribution in [2.24, 2.45) is 23.0 Å². The van der Waals surface area contributed by atoms with Crippen LogP contribution in [0.1, 0.15) is 106 Å². The molecule has 4 nitrogen and oxygen atoms in total. The molecule has 1 aromatic rings. The number of amides is 1. The molecule has 1 aliphatic heterocycles. The van der Waals surface area contributed by atoms with Crippen LogP contribution in [0.25, 0.3) is 0 Å². The van der Waals surface area contributed by atoms with Crippen LogP contribution in [0, 0.1) is 17.3 Å². The van der Waals surface area contributed by atoms with Crippen LogP contribution >= 0.6 is 0 Å². The summed E-state index contributed by atoms with van der Waals surface area (Å²) in [6.07, 6.45) is 0.973. The Morgan fingerprint density at radius 3 is 1.84 bits per heavy atom. The summed E-state index contributed by atoms with van der Waals surface area (Å²) in [7, 11) is 0. The van der Waals surface area contributed by atoms with E-state index in [0.717, 1.165) is 29.7 Å². The molecule has 182 valence electrons. The van der Waals surface area contributed by atoms with Crippen LogP contribution in [0.15, 0.2) is 12.1 Å². The Hall–Kier alpha value is -1.55. The number of nitrogens with two attached hydrogens (primary N) is 1. The second kappa shape index (κ2) is 8.04. The van der Waals surface area contributed by atoms with Gasteiger partial charge in [-0.05, 0) is 72.0 Å². The second-order valence-electron chi connectivity index (χ2n) is 13.8. The molecular formula is C28H48N2O2. The number of nitrogens with one attached hydrogen (secondary N) is 1. The minimum atomic E-state index is -0.858. The highest BCUT2D eigenvalue weighted by atomic mass is 16.3. The van der Waals surface area contributed by atoms with Gasteiger partial charge in [-0.1, -0.05) is 74.4 Å². The fourth-order valence-corrected chi connectivity index (χ4v) is 5.46. The molecule has 4 N–H and O–H groups in total. The lowest BCUT2D eigenvalue weighted by atomic mass is 9.56. The van der Waals surface area contributed by atoms with Crippen LogP contribution in [0.3, 0.4) is 0 Å². The van der Waals surface area contributed by atoms with Gasteiger partial charge < -0.3 is 16.2 Å². The molecule has 0 radical (unpaired) electrons. The monoisotopic (exact) mass is 444 g/mol. The van der Waals surface area contributed by atoms with E-state index in [9.17, 15) is 9.90 Å². The van der Waals surface area contributed by atoms with Gasteiger partial charge in [0.05, 0.1) is 5.41 Å². The number of benzene rings is 1. The zero-order valence-electron chi connectivity index (χ0n) is 22.7. The Balaban J connectivity index is 2.79. The summed E-state index contributed by atoms with van der Waals surface area (Å²) < 4.78 is 0. The molecule has 1 amide bonds. The first-order valence-electron chi connectivity index (χ1n) is 12.1. The van der Waals surface area contributed by atoms with Gasteiger partial charge in [0.1, 0.15) is 5.75 Å². The Morgan fingerprint density at radius 2 is 1.47 bits per heavy atom. The van der Waals surface area contributed by atoms with Crippen molar-refractivity contribution < 1.29 is 9.90 Å². The van der Waals surface area contributed by atoms with E-state index in [-0.39, 0.29) is 33.6 Å². The van der Waals surface area contributed by atoms with Gasteiger partial charge in [-0.2, -0.15) is 0 Å². The molecule has 0 aliphatic carbocycles. The highest BCUT2D eigenvalue weighted by Gasteiger charge is 2.51. The molecule has 32 heavy (non-hydrogen) atoms. The average molecular weight is 445 g/mol. The zero-order valence-corrected chi connectivity index (χ0v) is 22.7. The van der Waals surface area contributed by atoms with Crippen LogP contribution in [0.5, 0.6) is 5.75 Å². The van der Waals surface area contributed by atoms with Crippen molar-refractivity contribution in [1.29, 1.82) is 0 Å². The fraction of sp³-hybridized carbons (Fsp3) is 0.750. The number of rotatable bonds is 4. The smallest absolute Gasteiger partial charge is 0.228 e. The highest BCUT2D eigenvalue weighted by molar-refractivity contribution is 5.87. The van der Waals surface area contributed by atoms with Gasteiger partial charge in [-0.3, -0.25) is 4.79 Å². The molecule has 1 aromatic carbocycles. The Kier molecular flexibility index (Phi) is 6.71. The van der Waals surface area contributed by atoms with E-state index in [4.69, 9.17) is 5.73 Å². The molecule has 0 bridgehead atoms. The Labute approximate surface area is 196 Å². The molecule has 4 heteroatoms. The second-order valence-corrected chi connectivity index (χ2v) is 13.8. The third-order valence-electron chi connectivity index (χ3n) is 8.11. The van der Waals surface area contributed by atoms with Gasteiger partial charge in [0.15, 0.2) is 0 Å². The van der Waals surface area contributed by atoms with Crippen molar-refractivity contribution in [3.8, 4) is 5.75 Å². The van der Waals surface area contributed by atoms with E-state index in [1.807, 2.05) is 19.1 Å². The summed E-state index contributed by atoms with van der Waals surface area (Å²) in [5.74, 6) is 0.363. The Morgan fingerprint density at radius 1 is 1.03 bits per heavy atom. The summed E-state index contributed by atoms with van der Waals surface area (Å²) in [5.41, 5.74) is 7.50. The molecule has 1 fully saturated rings. The number of carbonyl (C=O) groups is 1. The summed E-state index contributed by atoms with van der Waals surface area (Å²) in [4.78, 5) is 13.2. The number of hydrogen-bond donors (Lipinski definition) is 3. The Bertz CT molecular complexity index is 835. The van der Waals surface area contributed by atoms with Crippen LogP contribution < -0.4 is 11.1 Å². The maximum absolute atomic E-state index is 13.2. The standard InChI is InChI=1S/C28H48N2O2/c1-17(21-15-27(10,11)30-16-26(21,8)9)28(12,23(29)32)18-13-19(24(2,3)4)22(31)20(14-18)25(5,6)7/h13-14,17,21,30-31H,15-16H2,1-12H3,(H2,29,32). The van der Waals surface area contributed by atoms with Gasteiger partial charge in [0.25, 0.3) is 0 Å². The number of phenols is 1. The summed E-state index contributed by atoms with van der Waals surface area (Å²) in [5, 5.41) is 14.9. The molecule has 2 rings (SSSR count). The van der Waals surface area contributed by atoms with Crippen LogP contribution in [-0.2, 0) is 21.0 Å². The van der Waals surface area contributed by atoms with Crippen molar-refractivity contribution >= 4 is 5.91 Å². The SMILES string of the molecule is CC(C1CC(C)(C)NCC1(C)C)C(C)(C(N)=O)c1cc(C(C)(C)C)c(O)c(C(C)(C)C)c1. The van der Waals surface area contributed by atoms with Crippen molar-refractivity contribution in [3.05, 3.63) is 28.8 Å². The molecule has 0 aromatic heterocycles. The van der Waals surface area contributed by atoms with Crippen molar-refractivity contribution in [2.75, 3.05) is 6.54 Å². The number of carbonyl (C=O) groups excluding carboxylic acids is 1. The number of piperidine rings is 1. The van der Waals surface area contributed by atoms with E-state index >= 15 is 0 Å². The summed E-state index contributed by atoms with van der Waals surface area (Å²) in [6.45, 7) is 26.7. The quantitative estimate of drug-likeness (QED) is 0.551. The molecular weight excluding hydrogens is 396 g/mol. The van der Waals surface area contributed by atoms with Gasteiger partial charge in [0.2, 0.25) is 5.91 Å². The van der Waals surface area contributed by atoms with Gasteiger partial charge in [-0.15, -0.1) is 0 Å². The van der Waals surface area contributed by atoms with Crippen LogP contribution in [-0.4, -0.2) is 23.1 Å². The normalized spacial score (nSPS) is 23.9.